The maximum Gasteiger partial charge on any atom is 0.190 e. The lowest BCUT2D eigenvalue weighted by Crippen LogP contribution is -2.20. The Morgan fingerprint density at radius 3 is 1.97 bits per heavy atom. The molecule has 2 rings (SSSR count). The van der Waals surface area contributed by atoms with Crippen molar-refractivity contribution in [3.8, 4) is 0 Å². The quantitative estimate of drug-likeness (QED) is 0.263. The molecule has 2 nitrogen and oxygen atoms in total. The number of allylic oxidation sites excluding steroid dienone is 4. The van der Waals surface area contributed by atoms with Crippen molar-refractivity contribution in [2.45, 2.75) is 106 Å². The summed E-state index contributed by atoms with van der Waals surface area (Å²) in [5, 5.41) is 0. The lowest BCUT2D eigenvalue weighted by Gasteiger charge is -2.18. The molecule has 1 aliphatic carbocycles. The van der Waals surface area contributed by atoms with Gasteiger partial charge in [0, 0.05) is 26.4 Å². The summed E-state index contributed by atoms with van der Waals surface area (Å²) in [6.45, 7) is 8.73. The van der Waals surface area contributed by atoms with Crippen LogP contribution in [0.2, 0.25) is 0 Å². The number of carbonyl (C=O) groups is 2. The Morgan fingerprint density at radius 1 is 0.848 bits per heavy atom. The highest BCUT2D eigenvalue weighted by molar-refractivity contribution is 6.26. The van der Waals surface area contributed by atoms with Crippen molar-refractivity contribution in [1.29, 1.82) is 0 Å². The van der Waals surface area contributed by atoms with Crippen molar-refractivity contribution in [2.75, 3.05) is 0 Å². The molecule has 0 saturated heterocycles. The summed E-state index contributed by atoms with van der Waals surface area (Å²) in [5.74, 6) is 1.43. The molecule has 0 spiro atoms. The molecule has 2 atom stereocenters. The van der Waals surface area contributed by atoms with Crippen LogP contribution >= 0.6 is 0 Å². The van der Waals surface area contributed by atoms with Crippen molar-refractivity contribution in [1.82, 2.24) is 0 Å². The van der Waals surface area contributed by atoms with Gasteiger partial charge in [-0.2, -0.15) is 0 Å². The Balaban J connectivity index is 1.85. The largest absolute Gasteiger partial charge is 0.289 e. The van der Waals surface area contributed by atoms with Crippen LogP contribution in [0.15, 0.2) is 47.1 Å². The molecular formula is C31H46O2. The van der Waals surface area contributed by atoms with E-state index in [0.29, 0.717) is 11.5 Å². The zero-order chi connectivity index (χ0) is 26.9. The van der Waals surface area contributed by atoms with Crippen molar-refractivity contribution in [3.63, 3.8) is 0 Å². The predicted octanol–water partition coefficient (Wildman–Crippen LogP) is 9.16. The van der Waals surface area contributed by atoms with Gasteiger partial charge in [0.1, 0.15) is 0 Å². The van der Waals surface area contributed by atoms with Gasteiger partial charge < -0.3 is 0 Å². The zero-order valence-corrected chi connectivity index (χ0v) is 21.5. The summed E-state index contributed by atoms with van der Waals surface area (Å²) >= 11 is 0. The second kappa shape index (κ2) is 13.7. The lowest BCUT2D eigenvalue weighted by atomic mass is 9.83. The molecule has 0 radical (unpaired) electrons. The standard InChI is InChI=1S/C31H46O2/c1-22(2)12-9-13-23(3)14-10-15-24(4)16-11-17-25(5)20-21-27-26(6)30(32)28-18-7-8-19-29(28)31(27)33/h7-8,18-20,22-24H,9-17,21H2,1-6H3/b25-20+/t23-,24-/m1/s1/i6D3. The number of carbonyl (C=O) groups excluding carboxylic acids is 2. The van der Waals surface area contributed by atoms with Crippen molar-refractivity contribution in [3.05, 3.63) is 58.2 Å². The first kappa shape index (κ1) is 22.8. The van der Waals surface area contributed by atoms with Crippen LogP contribution in [-0.2, 0) is 0 Å². The fourth-order valence-corrected chi connectivity index (χ4v) is 4.71. The second-order valence-corrected chi connectivity index (χ2v) is 10.7. The fraction of sp³-hybridized carbons (Fsp3) is 0.613. The number of hydrogen-bond acceptors (Lipinski definition) is 2. The van der Waals surface area contributed by atoms with Gasteiger partial charge in [-0.3, -0.25) is 9.59 Å². The van der Waals surface area contributed by atoms with Crippen LogP contribution in [0.25, 0.3) is 0 Å². The van der Waals surface area contributed by atoms with E-state index in [1.807, 2.05) is 13.0 Å². The van der Waals surface area contributed by atoms with E-state index in [-0.39, 0.29) is 28.9 Å². The summed E-state index contributed by atoms with van der Waals surface area (Å²) in [4.78, 5) is 26.0. The monoisotopic (exact) mass is 453 g/mol. The minimum absolute atomic E-state index is 0.119. The molecule has 33 heavy (non-hydrogen) atoms. The normalized spacial score (nSPS) is 18.1. The van der Waals surface area contributed by atoms with Gasteiger partial charge in [0.15, 0.2) is 11.6 Å². The van der Waals surface area contributed by atoms with Crippen LogP contribution in [0.5, 0.6) is 0 Å². The number of Topliss-reactive ketones (excluding diaryl/α,β-unsaturated/α-hetero) is 2. The third-order valence-electron chi connectivity index (χ3n) is 7.01. The first-order valence-electron chi connectivity index (χ1n) is 14.5. The number of rotatable bonds is 14. The van der Waals surface area contributed by atoms with E-state index in [0.717, 1.165) is 30.3 Å². The van der Waals surface area contributed by atoms with Crippen LogP contribution in [0, 0.1) is 17.8 Å². The molecule has 0 heterocycles. The average molecular weight is 454 g/mol. The van der Waals surface area contributed by atoms with Crippen molar-refractivity contribution in [2.24, 2.45) is 17.8 Å². The van der Waals surface area contributed by atoms with E-state index >= 15 is 0 Å². The lowest BCUT2D eigenvalue weighted by molar-refractivity contribution is 0.0973. The third kappa shape index (κ3) is 8.72. The van der Waals surface area contributed by atoms with Gasteiger partial charge in [0.25, 0.3) is 0 Å². The summed E-state index contributed by atoms with van der Waals surface area (Å²) in [6, 6.07) is 6.51. The Morgan fingerprint density at radius 2 is 1.39 bits per heavy atom. The smallest absolute Gasteiger partial charge is 0.190 e. The molecule has 2 heteroatoms. The number of fused-ring (bicyclic) bond motifs is 1. The summed E-state index contributed by atoms with van der Waals surface area (Å²) in [7, 11) is 0. The molecule has 1 aliphatic rings. The van der Waals surface area contributed by atoms with Crippen LogP contribution < -0.4 is 0 Å². The highest BCUT2D eigenvalue weighted by Gasteiger charge is 2.28. The van der Waals surface area contributed by atoms with E-state index in [2.05, 4.69) is 27.7 Å². The van der Waals surface area contributed by atoms with Crippen LogP contribution in [0.1, 0.15) is 131 Å². The molecule has 0 unspecified atom stereocenters. The van der Waals surface area contributed by atoms with Gasteiger partial charge in [-0.05, 0) is 50.8 Å². The van der Waals surface area contributed by atoms with E-state index in [4.69, 9.17) is 4.11 Å². The number of hydrogen-bond donors (Lipinski definition) is 0. The Bertz CT molecular complexity index is 953. The molecule has 0 fully saturated rings. The minimum Gasteiger partial charge on any atom is -0.289 e. The first-order chi connectivity index (χ1) is 16.9. The maximum atomic E-state index is 13.1. The number of benzene rings is 1. The highest BCUT2D eigenvalue weighted by Crippen LogP contribution is 2.29. The van der Waals surface area contributed by atoms with Crippen molar-refractivity contribution < 1.29 is 13.7 Å². The fourth-order valence-electron chi connectivity index (χ4n) is 4.71. The van der Waals surface area contributed by atoms with Crippen LogP contribution in [0.3, 0.4) is 0 Å². The van der Waals surface area contributed by atoms with Gasteiger partial charge in [0.2, 0.25) is 0 Å². The van der Waals surface area contributed by atoms with Gasteiger partial charge >= 0.3 is 0 Å². The molecule has 0 aromatic heterocycles. The molecule has 0 aliphatic heterocycles. The van der Waals surface area contributed by atoms with Gasteiger partial charge in [-0.25, -0.2) is 0 Å². The summed E-state index contributed by atoms with van der Waals surface area (Å²) in [6.07, 6.45) is 13.2. The molecule has 0 bridgehead atoms. The molecule has 1 aromatic rings. The van der Waals surface area contributed by atoms with E-state index in [9.17, 15) is 9.59 Å². The molecule has 182 valence electrons. The Hall–Kier alpha value is -1.96. The van der Waals surface area contributed by atoms with E-state index < -0.39 is 12.6 Å². The molecule has 0 amide bonds. The summed E-state index contributed by atoms with van der Waals surface area (Å²) in [5.41, 5.74) is 1.44. The summed E-state index contributed by atoms with van der Waals surface area (Å²) < 4.78 is 23.6. The second-order valence-electron chi connectivity index (χ2n) is 10.7. The highest BCUT2D eigenvalue weighted by atomic mass is 16.1. The van der Waals surface area contributed by atoms with Crippen LogP contribution in [0.4, 0.5) is 0 Å². The SMILES string of the molecule is [2H]C([2H])([2H])C1=C(C/C=C(\C)CCC[C@H](C)CCC[C@H](C)CCCC(C)C)C(=O)c2ccccc2C1=O. The van der Waals surface area contributed by atoms with Crippen LogP contribution in [-0.4, -0.2) is 11.6 Å². The third-order valence-corrected chi connectivity index (χ3v) is 7.01. The molecule has 1 aromatic carbocycles. The molecule has 0 N–H and O–H groups in total. The van der Waals surface area contributed by atoms with Gasteiger partial charge in [0.05, 0.1) is 0 Å². The van der Waals surface area contributed by atoms with E-state index in [1.54, 1.807) is 18.2 Å². The predicted molar refractivity (Wildman–Crippen MR) is 141 cm³/mol. The van der Waals surface area contributed by atoms with Crippen molar-refractivity contribution >= 4 is 11.6 Å². The first-order valence-corrected chi connectivity index (χ1v) is 13.0. The Labute approximate surface area is 207 Å². The average Bonchev–Trinajstić information content (AvgIpc) is 2.79. The molecular weight excluding hydrogens is 404 g/mol. The van der Waals surface area contributed by atoms with Gasteiger partial charge in [-0.1, -0.05) is 109 Å². The maximum absolute atomic E-state index is 13.1. The minimum atomic E-state index is -2.61. The Kier molecular flexibility index (Phi) is 9.45. The number of ketones is 2. The molecule has 0 saturated carbocycles. The zero-order valence-electron chi connectivity index (χ0n) is 24.5. The van der Waals surface area contributed by atoms with E-state index in [1.165, 1.54) is 51.0 Å². The van der Waals surface area contributed by atoms with Gasteiger partial charge in [-0.15, -0.1) is 0 Å². The topological polar surface area (TPSA) is 34.1 Å².